The van der Waals surface area contributed by atoms with Gasteiger partial charge in [-0.2, -0.15) is 0 Å². The lowest BCUT2D eigenvalue weighted by molar-refractivity contribution is 0.627. The summed E-state index contributed by atoms with van der Waals surface area (Å²) in [7, 11) is 0. The van der Waals surface area contributed by atoms with Crippen molar-refractivity contribution >= 4 is 11.8 Å². The van der Waals surface area contributed by atoms with Gasteiger partial charge in [0, 0.05) is 6.04 Å². The van der Waals surface area contributed by atoms with E-state index >= 15 is 0 Å². The number of nitrogens with one attached hydrogen (secondary N) is 1. The molecule has 1 rings (SSSR count). The zero-order valence-corrected chi connectivity index (χ0v) is 7.97. The first-order valence-electron chi connectivity index (χ1n) is 4.32. The van der Waals surface area contributed by atoms with E-state index in [0.717, 1.165) is 5.56 Å². The fourth-order valence-electron chi connectivity index (χ4n) is 1.09. The Bertz CT molecular complexity index is 305. The molecule has 0 fully saturated rings. The van der Waals surface area contributed by atoms with Crippen molar-refractivity contribution in [1.29, 1.82) is 0 Å². The number of hydrogen-bond acceptors (Lipinski definition) is 1. The van der Waals surface area contributed by atoms with E-state index < -0.39 is 0 Å². The third kappa shape index (κ3) is 2.58. The van der Waals surface area contributed by atoms with Gasteiger partial charge < -0.3 is 5.32 Å². The van der Waals surface area contributed by atoms with Crippen LogP contribution in [0.3, 0.4) is 0 Å². The van der Waals surface area contributed by atoms with Gasteiger partial charge in [0.05, 0.1) is 5.69 Å². The smallest absolute Gasteiger partial charge is 0.146 e. The lowest BCUT2D eigenvalue weighted by Crippen LogP contribution is -2.10. The molecule has 1 nitrogen and oxygen atoms in total. The molecule has 13 heavy (non-hydrogen) atoms. The predicted octanol–water partition coefficient (Wildman–Crippen LogP) is 3.29. The van der Waals surface area contributed by atoms with Crippen molar-refractivity contribution in [3.8, 4) is 0 Å². The summed E-state index contributed by atoms with van der Waals surface area (Å²) in [6, 6.07) is 5.27. The van der Waals surface area contributed by atoms with Gasteiger partial charge in [-0.05, 0) is 31.5 Å². The van der Waals surface area contributed by atoms with E-state index in [2.05, 4.69) is 11.9 Å². The van der Waals surface area contributed by atoms with E-state index in [4.69, 9.17) is 0 Å². The van der Waals surface area contributed by atoms with Gasteiger partial charge in [0.1, 0.15) is 5.82 Å². The second kappa shape index (κ2) is 4.08. The Morgan fingerprint density at radius 1 is 1.46 bits per heavy atom. The first-order valence-corrected chi connectivity index (χ1v) is 4.32. The van der Waals surface area contributed by atoms with Gasteiger partial charge in [0.15, 0.2) is 0 Å². The Balaban J connectivity index is 2.91. The van der Waals surface area contributed by atoms with Crippen LogP contribution >= 0.6 is 0 Å². The first-order chi connectivity index (χ1) is 6.13. The van der Waals surface area contributed by atoms with Crippen LogP contribution in [0.25, 0.3) is 6.08 Å². The fourth-order valence-corrected chi connectivity index (χ4v) is 1.09. The molecule has 0 saturated carbocycles. The zero-order valence-electron chi connectivity index (χ0n) is 7.97. The molecular formula is C11H14FN. The van der Waals surface area contributed by atoms with Crippen LogP contribution in [0, 0.1) is 5.82 Å². The molecule has 0 amide bonds. The lowest BCUT2D eigenvalue weighted by Gasteiger charge is -2.10. The van der Waals surface area contributed by atoms with Gasteiger partial charge in [0.2, 0.25) is 0 Å². The van der Waals surface area contributed by atoms with Crippen LogP contribution in [-0.2, 0) is 0 Å². The number of benzene rings is 1. The molecule has 2 heteroatoms. The summed E-state index contributed by atoms with van der Waals surface area (Å²) in [4.78, 5) is 0. The van der Waals surface area contributed by atoms with Crippen molar-refractivity contribution < 1.29 is 4.39 Å². The summed E-state index contributed by atoms with van der Waals surface area (Å²) in [5.74, 6) is -0.230. The summed E-state index contributed by atoms with van der Waals surface area (Å²) in [6.07, 6.45) is 1.63. The normalized spacial score (nSPS) is 10.2. The maximum Gasteiger partial charge on any atom is 0.146 e. The summed E-state index contributed by atoms with van der Waals surface area (Å²) in [6.45, 7) is 7.52. The van der Waals surface area contributed by atoms with Crippen LogP contribution in [0.2, 0.25) is 0 Å². The SMILES string of the molecule is C=Cc1ccc(NC(C)C)c(F)c1. The van der Waals surface area contributed by atoms with Crippen molar-refractivity contribution in [2.24, 2.45) is 0 Å². The van der Waals surface area contributed by atoms with Crippen LogP contribution in [-0.4, -0.2) is 6.04 Å². The van der Waals surface area contributed by atoms with Crippen molar-refractivity contribution in [1.82, 2.24) is 0 Å². The van der Waals surface area contributed by atoms with Crippen molar-refractivity contribution in [2.75, 3.05) is 5.32 Å². The van der Waals surface area contributed by atoms with Crippen molar-refractivity contribution in [3.63, 3.8) is 0 Å². The molecule has 0 atom stereocenters. The summed E-state index contributed by atoms with van der Waals surface area (Å²) in [5, 5.41) is 3.02. The lowest BCUT2D eigenvalue weighted by atomic mass is 10.2. The van der Waals surface area contributed by atoms with E-state index in [0.29, 0.717) is 5.69 Å². The third-order valence-electron chi connectivity index (χ3n) is 1.67. The molecule has 0 heterocycles. The first kappa shape index (κ1) is 9.78. The quantitative estimate of drug-likeness (QED) is 0.750. The number of halogens is 1. The van der Waals surface area contributed by atoms with E-state index in [9.17, 15) is 4.39 Å². The maximum absolute atomic E-state index is 13.3. The van der Waals surface area contributed by atoms with Gasteiger partial charge in [-0.25, -0.2) is 4.39 Å². The Hall–Kier alpha value is -1.31. The van der Waals surface area contributed by atoms with Gasteiger partial charge in [-0.3, -0.25) is 0 Å². The number of rotatable bonds is 3. The second-order valence-corrected chi connectivity index (χ2v) is 3.24. The van der Waals surface area contributed by atoms with Crippen LogP contribution in [0.1, 0.15) is 19.4 Å². The Labute approximate surface area is 78.3 Å². The summed E-state index contributed by atoms with van der Waals surface area (Å²) >= 11 is 0. The molecular weight excluding hydrogens is 165 g/mol. The van der Waals surface area contributed by atoms with Crippen molar-refractivity contribution in [3.05, 3.63) is 36.2 Å². The molecule has 0 aliphatic carbocycles. The molecule has 0 spiro atoms. The topological polar surface area (TPSA) is 12.0 Å². The number of hydrogen-bond donors (Lipinski definition) is 1. The van der Waals surface area contributed by atoms with Crippen LogP contribution in [0.4, 0.5) is 10.1 Å². The van der Waals surface area contributed by atoms with E-state index in [1.54, 1.807) is 12.1 Å². The van der Waals surface area contributed by atoms with E-state index in [1.165, 1.54) is 6.07 Å². The van der Waals surface area contributed by atoms with Gasteiger partial charge >= 0.3 is 0 Å². The number of anilines is 1. The monoisotopic (exact) mass is 179 g/mol. The molecule has 0 saturated heterocycles. The summed E-state index contributed by atoms with van der Waals surface area (Å²) in [5.41, 5.74) is 1.34. The molecule has 0 aliphatic heterocycles. The molecule has 70 valence electrons. The molecule has 1 aromatic carbocycles. The van der Waals surface area contributed by atoms with E-state index in [1.807, 2.05) is 19.9 Å². The Morgan fingerprint density at radius 2 is 2.15 bits per heavy atom. The summed E-state index contributed by atoms with van der Waals surface area (Å²) < 4.78 is 13.3. The highest BCUT2D eigenvalue weighted by Crippen LogP contribution is 2.16. The van der Waals surface area contributed by atoms with Gasteiger partial charge in [0.25, 0.3) is 0 Å². The Kier molecular flexibility index (Phi) is 3.07. The third-order valence-corrected chi connectivity index (χ3v) is 1.67. The van der Waals surface area contributed by atoms with Crippen LogP contribution in [0.5, 0.6) is 0 Å². The molecule has 0 radical (unpaired) electrons. The highest BCUT2D eigenvalue weighted by molar-refractivity contribution is 5.54. The fraction of sp³-hybridized carbons (Fsp3) is 0.273. The molecule has 0 aromatic heterocycles. The predicted molar refractivity (Wildman–Crippen MR) is 55.2 cm³/mol. The molecule has 0 bridgehead atoms. The highest BCUT2D eigenvalue weighted by atomic mass is 19.1. The van der Waals surface area contributed by atoms with Crippen molar-refractivity contribution in [2.45, 2.75) is 19.9 Å². The van der Waals surface area contributed by atoms with Crippen LogP contribution < -0.4 is 5.32 Å². The average molecular weight is 179 g/mol. The molecule has 1 aromatic rings. The van der Waals surface area contributed by atoms with Crippen LogP contribution in [0.15, 0.2) is 24.8 Å². The Morgan fingerprint density at radius 3 is 2.62 bits per heavy atom. The molecule has 1 N–H and O–H groups in total. The van der Waals surface area contributed by atoms with Gasteiger partial charge in [-0.15, -0.1) is 0 Å². The standard InChI is InChI=1S/C11H14FN/c1-4-9-5-6-11(10(12)7-9)13-8(2)3/h4-8,13H,1H2,2-3H3. The second-order valence-electron chi connectivity index (χ2n) is 3.24. The van der Waals surface area contributed by atoms with Gasteiger partial charge in [-0.1, -0.05) is 18.7 Å². The minimum atomic E-state index is -0.230. The highest BCUT2D eigenvalue weighted by Gasteiger charge is 2.02. The van der Waals surface area contributed by atoms with E-state index in [-0.39, 0.29) is 11.9 Å². The largest absolute Gasteiger partial charge is 0.381 e. The zero-order chi connectivity index (χ0) is 9.84. The average Bonchev–Trinajstić information content (AvgIpc) is 2.08. The molecule has 0 unspecified atom stereocenters. The maximum atomic E-state index is 13.3. The molecule has 0 aliphatic rings. The minimum absolute atomic E-state index is 0.230. The minimum Gasteiger partial charge on any atom is -0.381 e.